The van der Waals surface area contributed by atoms with Gasteiger partial charge in [-0.1, -0.05) is 12.1 Å². The van der Waals surface area contributed by atoms with Gasteiger partial charge < -0.3 is 5.32 Å². The molecule has 2 rings (SSSR count). The van der Waals surface area contributed by atoms with Crippen LogP contribution in [0.25, 0.3) is 0 Å². The Morgan fingerprint density at radius 1 is 1.25 bits per heavy atom. The summed E-state index contributed by atoms with van der Waals surface area (Å²) in [4.78, 5) is 4.12. The van der Waals surface area contributed by atoms with Crippen LogP contribution >= 0.6 is 15.9 Å². The number of anilines is 1. The van der Waals surface area contributed by atoms with E-state index >= 15 is 0 Å². The smallest absolute Gasteiger partial charge is 0.380 e. The van der Waals surface area contributed by atoms with Gasteiger partial charge in [-0.3, -0.25) is 0 Å². The molecule has 0 amide bonds. The Balaban J connectivity index is 2.09. The first-order chi connectivity index (χ1) is 9.36. The van der Waals surface area contributed by atoms with Crippen LogP contribution in [0, 0.1) is 6.92 Å². The van der Waals surface area contributed by atoms with Crippen molar-refractivity contribution in [3.63, 3.8) is 0 Å². The van der Waals surface area contributed by atoms with E-state index in [0.29, 0.717) is 12.1 Å². The molecule has 0 saturated heterocycles. The maximum Gasteiger partial charge on any atom is 0.416 e. The lowest BCUT2D eigenvalue weighted by atomic mass is 10.1. The second kappa shape index (κ2) is 5.83. The van der Waals surface area contributed by atoms with Gasteiger partial charge >= 0.3 is 6.18 Å². The third-order valence-corrected chi connectivity index (χ3v) is 3.60. The summed E-state index contributed by atoms with van der Waals surface area (Å²) in [5.41, 5.74) is 1.66. The van der Waals surface area contributed by atoms with Crippen LogP contribution in [-0.2, 0) is 12.7 Å². The van der Waals surface area contributed by atoms with Gasteiger partial charge in [0.15, 0.2) is 0 Å². The maximum absolute atomic E-state index is 12.6. The summed E-state index contributed by atoms with van der Waals surface area (Å²) in [6.07, 6.45) is -2.68. The van der Waals surface area contributed by atoms with Crippen molar-refractivity contribution in [3.05, 3.63) is 57.8 Å². The fourth-order valence-electron chi connectivity index (χ4n) is 1.72. The normalized spacial score (nSPS) is 11.4. The molecule has 0 fully saturated rings. The zero-order chi connectivity index (χ0) is 14.8. The SMILES string of the molecule is Cc1cc(NCc2cccc(C(F)(F)F)c2)cnc1Br. The number of hydrogen-bond donors (Lipinski definition) is 1. The van der Waals surface area contributed by atoms with E-state index in [0.717, 1.165) is 28.0 Å². The molecule has 106 valence electrons. The Morgan fingerprint density at radius 2 is 2.00 bits per heavy atom. The van der Waals surface area contributed by atoms with E-state index in [1.54, 1.807) is 12.3 Å². The predicted octanol–water partition coefficient (Wildman–Crippen LogP) is 4.78. The largest absolute Gasteiger partial charge is 0.416 e. The predicted molar refractivity (Wildman–Crippen MR) is 75.4 cm³/mol. The van der Waals surface area contributed by atoms with Crippen LogP contribution in [0.3, 0.4) is 0 Å². The van der Waals surface area contributed by atoms with Crippen LogP contribution in [0.5, 0.6) is 0 Å². The van der Waals surface area contributed by atoms with Crippen molar-refractivity contribution < 1.29 is 13.2 Å². The number of aryl methyl sites for hydroxylation is 1. The monoisotopic (exact) mass is 344 g/mol. The van der Waals surface area contributed by atoms with Crippen molar-refractivity contribution >= 4 is 21.6 Å². The van der Waals surface area contributed by atoms with Gasteiger partial charge in [-0.05, 0) is 52.2 Å². The fourth-order valence-corrected chi connectivity index (χ4v) is 1.93. The van der Waals surface area contributed by atoms with E-state index in [9.17, 15) is 13.2 Å². The summed E-state index contributed by atoms with van der Waals surface area (Å²) in [7, 11) is 0. The highest BCUT2D eigenvalue weighted by Crippen LogP contribution is 2.29. The first-order valence-corrected chi connectivity index (χ1v) is 6.68. The van der Waals surface area contributed by atoms with E-state index in [1.165, 1.54) is 6.07 Å². The number of alkyl halides is 3. The van der Waals surface area contributed by atoms with Gasteiger partial charge in [0.2, 0.25) is 0 Å². The van der Waals surface area contributed by atoms with Crippen LogP contribution < -0.4 is 5.32 Å². The molecule has 6 heteroatoms. The van der Waals surface area contributed by atoms with Crippen molar-refractivity contribution in [1.29, 1.82) is 0 Å². The minimum Gasteiger partial charge on any atom is -0.380 e. The van der Waals surface area contributed by atoms with Crippen LogP contribution in [0.2, 0.25) is 0 Å². The molecule has 0 aliphatic rings. The van der Waals surface area contributed by atoms with Crippen molar-refractivity contribution in [2.24, 2.45) is 0 Å². The topological polar surface area (TPSA) is 24.9 Å². The molecule has 0 aliphatic heterocycles. The summed E-state index contributed by atoms with van der Waals surface area (Å²) in [5, 5.41) is 3.06. The number of rotatable bonds is 3. The molecule has 0 saturated carbocycles. The third-order valence-electron chi connectivity index (χ3n) is 2.77. The third kappa shape index (κ3) is 3.72. The molecular weight excluding hydrogens is 333 g/mol. The highest BCUT2D eigenvalue weighted by atomic mass is 79.9. The Bertz CT molecular complexity index is 612. The van der Waals surface area contributed by atoms with Crippen molar-refractivity contribution in [3.8, 4) is 0 Å². The Morgan fingerprint density at radius 3 is 2.65 bits per heavy atom. The molecular formula is C14H12BrF3N2. The highest BCUT2D eigenvalue weighted by molar-refractivity contribution is 9.10. The van der Waals surface area contributed by atoms with Gasteiger partial charge in [-0.15, -0.1) is 0 Å². The zero-order valence-corrected chi connectivity index (χ0v) is 12.2. The number of pyridine rings is 1. The van der Waals surface area contributed by atoms with E-state index in [4.69, 9.17) is 0 Å². The van der Waals surface area contributed by atoms with Gasteiger partial charge in [0.25, 0.3) is 0 Å². The molecule has 0 bridgehead atoms. The summed E-state index contributed by atoms with van der Waals surface area (Å²) in [6, 6.07) is 7.15. The van der Waals surface area contributed by atoms with Crippen LogP contribution in [0.15, 0.2) is 41.1 Å². The molecule has 1 heterocycles. The van der Waals surface area contributed by atoms with Gasteiger partial charge in [0, 0.05) is 6.54 Å². The van der Waals surface area contributed by atoms with Gasteiger partial charge in [-0.2, -0.15) is 13.2 Å². The summed E-state index contributed by atoms with van der Waals surface area (Å²) < 4.78 is 38.5. The molecule has 0 spiro atoms. The van der Waals surface area contributed by atoms with Crippen LogP contribution in [-0.4, -0.2) is 4.98 Å². The molecule has 1 N–H and O–H groups in total. The minimum absolute atomic E-state index is 0.312. The molecule has 0 atom stereocenters. The average Bonchev–Trinajstić information content (AvgIpc) is 2.39. The average molecular weight is 345 g/mol. The minimum atomic E-state index is -4.31. The molecule has 2 nitrogen and oxygen atoms in total. The second-order valence-corrected chi connectivity index (χ2v) is 5.13. The van der Waals surface area contributed by atoms with E-state index in [2.05, 4.69) is 26.2 Å². The van der Waals surface area contributed by atoms with Gasteiger partial charge in [0.05, 0.1) is 17.4 Å². The lowest BCUT2D eigenvalue weighted by molar-refractivity contribution is -0.137. The van der Waals surface area contributed by atoms with Crippen LogP contribution in [0.1, 0.15) is 16.7 Å². The van der Waals surface area contributed by atoms with Crippen molar-refractivity contribution in [1.82, 2.24) is 4.98 Å². The molecule has 2 aromatic rings. The first kappa shape index (κ1) is 14.8. The quantitative estimate of drug-likeness (QED) is 0.810. The summed E-state index contributed by atoms with van der Waals surface area (Å²) in [6.45, 7) is 2.21. The van der Waals surface area contributed by atoms with E-state index in [-0.39, 0.29) is 0 Å². The maximum atomic E-state index is 12.6. The molecule has 0 aliphatic carbocycles. The zero-order valence-electron chi connectivity index (χ0n) is 10.6. The lowest BCUT2D eigenvalue weighted by Crippen LogP contribution is -2.07. The number of halogens is 4. The molecule has 20 heavy (non-hydrogen) atoms. The highest BCUT2D eigenvalue weighted by Gasteiger charge is 2.30. The number of hydrogen-bond acceptors (Lipinski definition) is 2. The number of nitrogens with one attached hydrogen (secondary N) is 1. The van der Waals surface area contributed by atoms with Gasteiger partial charge in [-0.25, -0.2) is 4.98 Å². The summed E-state index contributed by atoms with van der Waals surface area (Å²) in [5.74, 6) is 0. The molecule has 0 unspecified atom stereocenters. The van der Waals surface area contributed by atoms with Crippen molar-refractivity contribution in [2.45, 2.75) is 19.6 Å². The number of benzene rings is 1. The fraction of sp³-hybridized carbons (Fsp3) is 0.214. The van der Waals surface area contributed by atoms with Gasteiger partial charge in [0.1, 0.15) is 4.60 Å². The Hall–Kier alpha value is -1.56. The first-order valence-electron chi connectivity index (χ1n) is 5.88. The molecule has 0 radical (unpaired) electrons. The van der Waals surface area contributed by atoms with Crippen molar-refractivity contribution in [2.75, 3.05) is 5.32 Å². The van der Waals surface area contributed by atoms with E-state index in [1.807, 2.05) is 13.0 Å². The molecule has 1 aromatic carbocycles. The van der Waals surface area contributed by atoms with Crippen LogP contribution in [0.4, 0.5) is 18.9 Å². The number of aromatic nitrogens is 1. The Kier molecular flexibility index (Phi) is 4.32. The standard InChI is InChI=1S/C14H12BrF3N2/c1-9-5-12(8-20-13(9)15)19-7-10-3-2-4-11(6-10)14(16,17)18/h2-6,8,19H,7H2,1H3. The summed E-state index contributed by atoms with van der Waals surface area (Å²) >= 11 is 3.29. The Labute approximate surface area is 123 Å². The second-order valence-electron chi connectivity index (χ2n) is 4.38. The lowest BCUT2D eigenvalue weighted by Gasteiger charge is -2.10. The number of nitrogens with zero attached hydrogens (tertiary/aromatic N) is 1. The molecule has 1 aromatic heterocycles. The van der Waals surface area contributed by atoms with E-state index < -0.39 is 11.7 Å².